The maximum Gasteiger partial charge on any atom is 0.227 e. The quantitative estimate of drug-likeness (QED) is 0.565. The smallest absolute Gasteiger partial charge is 0.227 e. The molecule has 6 nitrogen and oxygen atoms in total. The van der Waals surface area contributed by atoms with Crippen molar-refractivity contribution in [1.29, 1.82) is 0 Å². The number of carbonyl (C=O) groups excluding carboxylic acids is 2. The average Bonchev–Trinajstić information content (AvgIpc) is 2.47. The van der Waals surface area contributed by atoms with E-state index in [1.165, 1.54) is 30.0 Å². The zero-order valence-corrected chi connectivity index (χ0v) is 8.94. The molecular weight excluding hydrogens is 224 g/mol. The Balaban J connectivity index is 2.50. The molecule has 8 heteroatoms. The molecule has 0 aromatic carbocycles. The summed E-state index contributed by atoms with van der Waals surface area (Å²) in [6, 6.07) is 0. The minimum absolute atomic E-state index is 0.161. The molecule has 14 heavy (non-hydrogen) atoms. The number of hydrogen-bond donors (Lipinski definition) is 2. The predicted molar refractivity (Wildman–Crippen MR) is 54.1 cm³/mol. The Bertz CT molecular complexity index is 351. The number of hydrogen-bond acceptors (Lipinski definition) is 6. The second-order valence-electron chi connectivity index (χ2n) is 2.31. The van der Waals surface area contributed by atoms with Crippen LogP contribution in [0.3, 0.4) is 0 Å². The SMILES string of the molecule is CC(=O)Nc1nnc(SCC(N)=O)s1. The van der Waals surface area contributed by atoms with Crippen molar-refractivity contribution in [1.82, 2.24) is 10.2 Å². The molecule has 1 aromatic heterocycles. The van der Waals surface area contributed by atoms with E-state index in [0.717, 1.165) is 0 Å². The summed E-state index contributed by atoms with van der Waals surface area (Å²) in [6.07, 6.45) is 0. The number of anilines is 1. The minimum atomic E-state index is -0.411. The largest absolute Gasteiger partial charge is 0.369 e. The Morgan fingerprint density at radius 1 is 1.57 bits per heavy atom. The van der Waals surface area contributed by atoms with Gasteiger partial charge in [-0.25, -0.2) is 0 Å². The molecule has 0 aliphatic heterocycles. The van der Waals surface area contributed by atoms with Gasteiger partial charge < -0.3 is 11.1 Å². The first kappa shape index (κ1) is 10.9. The minimum Gasteiger partial charge on any atom is -0.369 e. The highest BCUT2D eigenvalue weighted by molar-refractivity contribution is 8.01. The van der Waals surface area contributed by atoms with E-state index >= 15 is 0 Å². The summed E-state index contributed by atoms with van der Waals surface area (Å²) in [7, 11) is 0. The van der Waals surface area contributed by atoms with Gasteiger partial charge in [-0.15, -0.1) is 10.2 Å². The zero-order chi connectivity index (χ0) is 10.6. The van der Waals surface area contributed by atoms with Gasteiger partial charge in [0, 0.05) is 6.92 Å². The van der Waals surface area contributed by atoms with E-state index in [4.69, 9.17) is 5.73 Å². The summed E-state index contributed by atoms with van der Waals surface area (Å²) in [5, 5.41) is 10.4. The number of primary amides is 1. The summed E-state index contributed by atoms with van der Waals surface area (Å²) < 4.78 is 0.604. The van der Waals surface area contributed by atoms with Crippen LogP contribution in [0.4, 0.5) is 5.13 Å². The van der Waals surface area contributed by atoms with Crippen molar-refractivity contribution in [3.63, 3.8) is 0 Å². The molecule has 3 N–H and O–H groups in total. The van der Waals surface area contributed by atoms with Crippen molar-refractivity contribution in [3.05, 3.63) is 0 Å². The number of amides is 2. The van der Waals surface area contributed by atoms with Crippen molar-refractivity contribution < 1.29 is 9.59 Å². The van der Waals surface area contributed by atoms with E-state index in [2.05, 4.69) is 15.5 Å². The van der Waals surface area contributed by atoms with Gasteiger partial charge in [0.15, 0.2) is 4.34 Å². The lowest BCUT2D eigenvalue weighted by atomic mass is 10.7. The molecule has 0 bridgehead atoms. The first-order chi connectivity index (χ1) is 6.58. The van der Waals surface area contributed by atoms with E-state index in [1.807, 2.05) is 0 Å². The van der Waals surface area contributed by atoms with Crippen molar-refractivity contribution in [2.75, 3.05) is 11.1 Å². The number of nitrogens with zero attached hydrogens (tertiary/aromatic N) is 2. The van der Waals surface area contributed by atoms with Crippen LogP contribution in [0.15, 0.2) is 4.34 Å². The van der Waals surface area contributed by atoms with Gasteiger partial charge in [-0.2, -0.15) is 0 Å². The van der Waals surface area contributed by atoms with E-state index in [-0.39, 0.29) is 11.7 Å². The van der Waals surface area contributed by atoms with Gasteiger partial charge in [-0.05, 0) is 0 Å². The molecule has 0 spiro atoms. The standard InChI is InChI=1S/C6H8N4O2S2/c1-3(11)8-5-9-10-6(14-5)13-2-4(7)12/h2H2,1H3,(H2,7,12)(H,8,9,11). The fourth-order valence-corrected chi connectivity index (χ4v) is 2.14. The second kappa shape index (κ2) is 4.91. The van der Waals surface area contributed by atoms with Crippen molar-refractivity contribution in [2.24, 2.45) is 5.73 Å². The lowest BCUT2D eigenvalue weighted by Gasteiger charge is -1.91. The number of carbonyl (C=O) groups is 2. The monoisotopic (exact) mass is 232 g/mol. The molecule has 1 aromatic rings. The molecule has 0 aliphatic carbocycles. The Morgan fingerprint density at radius 3 is 2.86 bits per heavy atom. The van der Waals surface area contributed by atoms with Crippen LogP contribution in [0.5, 0.6) is 0 Å². The van der Waals surface area contributed by atoms with Crippen LogP contribution in [-0.4, -0.2) is 27.8 Å². The molecule has 0 unspecified atom stereocenters. The summed E-state index contributed by atoms with van der Waals surface area (Å²) in [4.78, 5) is 21.1. The third kappa shape index (κ3) is 3.71. The van der Waals surface area contributed by atoms with Gasteiger partial charge in [0.1, 0.15) is 0 Å². The number of nitrogens with two attached hydrogens (primary N) is 1. The molecule has 0 radical (unpaired) electrons. The topological polar surface area (TPSA) is 98.0 Å². The van der Waals surface area contributed by atoms with Crippen LogP contribution in [0.1, 0.15) is 6.92 Å². The molecule has 1 rings (SSSR count). The fraction of sp³-hybridized carbons (Fsp3) is 0.333. The average molecular weight is 232 g/mol. The van der Waals surface area contributed by atoms with E-state index in [9.17, 15) is 9.59 Å². The molecular formula is C6H8N4O2S2. The van der Waals surface area contributed by atoms with Crippen LogP contribution in [-0.2, 0) is 9.59 Å². The molecule has 1 heterocycles. The molecule has 0 saturated heterocycles. The number of nitrogens with one attached hydrogen (secondary N) is 1. The van der Waals surface area contributed by atoms with Gasteiger partial charge in [0.25, 0.3) is 0 Å². The molecule has 0 saturated carbocycles. The van der Waals surface area contributed by atoms with Crippen molar-refractivity contribution in [2.45, 2.75) is 11.3 Å². The van der Waals surface area contributed by atoms with E-state index in [1.54, 1.807) is 0 Å². The van der Waals surface area contributed by atoms with Crippen LogP contribution in [0, 0.1) is 0 Å². The summed E-state index contributed by atoms with van der Waals surface area (Å²) in [5.74, 6) is -0.451. The molecule has 0 atom stereocenters. The summed E-state index contributed by atoms with van der Waals surface area (Å²) in [5.41, 5.74) is 4.95. The molecule has 76 valence electrons. The Morgan fingerprint density at radius 2 is 2.29 bits per heavy atom. The third-order valence-corrected chi connectivity index (χ3v) is 3.02. The Labute approximate surface area is 88.3 Å². The van der Waals surface area contributed by atoms with E-state index in [0.29, 0.717) is 9.47 Å². The van der Waals surface area contributed by atoms with E-state index < -0.39 is 5.91 Å². The summed E-state index contributed by atoms with van der Waals surface area (Å²) >= 11 is 2.40. The molecule has 0 aliphatic rings. The maximum absolute atomic E-state index is 10.6. The molecule has 2 amide bonds. The first-order valence-corrected chi connectivity index (χ1v) is 5.40. The van der Waals surface area contributed by atoms with Crippen LogP contribution >= 0.6 is 23.1 Å². The number of aromatic nitrogens is 2. The van der Waals surface area contributed by atoms with Crippen LogP contribution < -0.4 is 11.1 Å². The highest BCUT2D eigenvalue weighted by atomic mass is 32.2. The highest BCUT2D eigenvalue weighted by Crippen LogP contribution is 2.24. The lowest BCUT2D eigenvalue weighted by molar-refractivity contribution is -0.116. The van der Waals surface area contributed by atoms with Crippen molar-refractivity contribution >= 4 is 40.0 Å². The predicted octanol–water partition coefficient (Wildman–Crippen LogP) is 0.0739. The van der Waals surface area contributed by atoms with Gasteiger partial charge in [0.05, 0.1) is 5.75 Å². The van der Waals surface area contributed by atoms with Crippen molar-refractivity contribution in [3.8, 4) is 0 Å². The lowest BCUT2D eigenvalue weighted by Crippen LogP contribution is -2.12. The second-order valence-corrected chi connectivity index (χ2v) is 4.51. The maximum atomic E-state index is 10.6. The zero-order valence-electron chi connectivity index (χ0n) is 7.31. The van der Waals surface area contributed by atoms with Crippen LogP contribution in [0.2, 0.25) is 0 Å². The normalized spacial score (nSPS) is 9.79. The van der Waals surface area contributed by atoms with Gasteiger partial charge in [0.2, 0.25) is 16.9 Å². The molecule has 0 fully saturated rings. The van der Waals surface area contributed by atoms with Gasteiger partial charge >= 0.3 is 0 Å². The van der Waals surface area contributed by atoms with Gasteiger partial charge in [-0.3, -0.25) is 9.59 Å². The summed E-state index contributed by atoms with van der Waals surface area (Å²) in [6.45, 7) is 1.39. The Hall–Kier alpha value is -1.15. The van der Waals surface area contributed by atoms with Gasteiger partial charge in [-0.1, -0.05) is 23.1 Å². The number of thioether (sulfide) groups is 1. The fourth-order valence-electron chi connectivity index (χ4n) is 0.602. The first-order valence-electron chi connectivity index (χ1n) is 3.60. The van der Waals surface area contributed by atoms with Crippen LogP contribution in [0.25, 0.3) is 0 Å². The Kier molecular flexibility index (Phi) is 3.84. The third-order valence-electron chi connectivity index (χ3n) is 1.03. The number of rotatable bonds is 4. The highest BCUT2D eigenvalue weighted by Gasteiger charge is 2.06.